The summed E-state index contributed by atoms with van der Waals surface area (Å²) in [5.41, 5.74) is 16.6. The lowest BCUT2D eigenvalue weighted by atomic mass is 9.81. The maximum atomic E-state index is 6.33. The largest absolute Gasteiger partial charge is 0.326 e. The van der Waals surface area contributed by atoms with Crippen molar-refractivity contribution < 1.29 is 0 Å². The molecule has 1 aliphatic carbocycles. The molecule has 4 N–H and O–H groups in total. The molecule has 0 aliphatic heterocycles. The molecule has 1 fully saturated rings. The standard InChI is InChI=1S/C18H20N4/c19-17-8-7-13(11-14-5-1-3-9-21-14)16(18(17)20)12-15-6-2-4-10-22-15/h1-6,9-12,17-18H,7-8,19-20H2. The Hall–Kier alpha value is -2.30. The number of pyridine rings is 2. The van der Waals surface area contributed by atoms with E-state index in [2.05, 4.69) is 16.0 Å². The minimum Gasteiger partial charge on any atom is -0.326 e. The summed E-state index contributed by atoms with van der Waals surface area (Å²) in [4.78, 5) is 8.73. The van der Waals surface area contributed by atoms with Gasteiger partial charge in [-0.3, -0.25) is 9.97 Å². The number of rotatable bonds is 2. The van der Waals surface area contributed by atoms with Gasteiger partial charge in [-0.15, -0.1) is 0 Å². The Morgan fingerprint density at radius 3 is 2.14 bits per heavy atom. The van der Waals surface area contributed by atoms with Gasteiger partial charge in [0.15, 0.2) is 0 Å². The van der Waals surface area contributed by atoms with Crippen molar-refractivity contribution >= 4 is 12.2 Å². The smallest absolute Gasteiger partial charge is 0.0633 e. The van der Waals surface area contributed by atoms with Gasteiger partial charge in [0.2, 0.25) is 0 Å². The van der Waals surface area contributed by atoms with Gasteiger partial charge in [0.25, 0.3) is 0 Å². The Morgan fingerprint density at radius 2 is 1.55 bits per heavy atom. The second-order valence-electron chi connectivity index (χ2n) is 5.51. The van der Waals surface area contributed by atoms with Crippen LogP contribution in [0.1, 0.15) is 24.2 Å². The van der Waals surface area contributed by atoms with E-state index in [4.69, 9.17) is 11.5 Å². The summed E-state index contributed by atoms with van der Waals surface area (Å²) in [6.07, 6.45) is 9.51. The molecule has 1 aliphatic rings. The Labute approximate surface area is 130 Å². The van der Waals surface area contributed by atoms with E-state index in [1.807, 2.05) is 42.5 Å². The SMILES string of the molecule is NC1CCC(=Cc2ccccn2)C(=Cc2ccccn2)C1N. The summed E-state index contributed by atoms with van der Waals surface area (Å²) in [6.45, 7) is 0. The van der Waals surface area contributed by atoms with E-state index in [0.717, 1.165) is 29.8 Å². The van der Waals surface area contributed by atoms with Crippen molar-refractivity contribution in [3.05, 3.63) is 71.3 Å². The van der Waals surface area contributed by atoms with Crippen LogP contribution >= 0.6 is 0 Å². The molecule has 2 aromatic heterocycles. The van der Waals surface area contributed by atoms with Gasteiger partial charge in [-0.05, 0) is 60.4 Å². The van der Waals surface area contributed by atoms with Crippen LogP contribution in [-0.4, -0.2) is 22.1 Å². The molecule has 4 nitrogen and oxygen atoms in total. The molecule has 2 aromatic rings. The fourth-order valence-electron chi connectivity index (χ4n) is 2.70. The summed E-state index contributed by atoms with van der Waals surface area (Å²) in [5, 5.41) is 0. The highest BCUT2D eigenvalue weighted by atomic mass is 14.8. The predicted molar refractivity (Wildman–Crippen MR) is 89.6 cm³/mol. The van der Waals surface area contributed by atoms with Gasteiger partial charge < -0.3 is 11.5 Å². The van der Waals surface area contributed by atoms with Crippen LogP contribution in [0.3, 0.4) is 0 Å². The summed E-state index contributed by atoms with van der Waals surface area (Å²) in [5.74, 6) is 0. The first-order valence-electron chi connectivity index (χ1n) is 7.50. The highest BCUT2D eigenvalue weighted by Gasteiger charge is 2.26. The quantitative estimate of drug-likeness (QED) is 0.891. The monoisotopic (exact) mass is 292 g/mol. The average Bonchev–Trinajstić information content (AvgIpc) is 2.56. The first-order chi connectivity index (χ1) is 10.7. The molecule has 4 heteroatoms. The molecule has 2 unspecified atom stereocenters. The molecule has 0 bridgehead atoms. The first kappa shape index (κ1) is 14.6. The summed E-state index contributed by atoms with van der Waals surface area (Å²) >= 11 is 0. The Balaban J connectivity index is 2.00. The Morgan fingerprint density at radius 1 is 0.909 bits per heavy atom. The van der Waals surface area contributed by atoms with Crippen molar-refractivity contribution in [3.8, 4) is 0 Å². The van der Waals surface area contributed by atoms with Crippen LogP contribution in [-0.2, 0) is 0 Å². The number of aromatic nitrogens is 2. The molecule has 1 saturated carbocycles. The van der Waals surface area contributed by atoms with Gasteiger partial charge in [0.1, 0.15) is 0 Å². The molecule has 0 spiro atoms. The van der Waals surface area contributed by atoms with E-state index < -0.39 is 0 Å². The van der Waals surface area contributed by atoms with Gasteiger partial charge in [0, 0.05) is 24.5 Å². The molecule has 3 rings (SSSR count). The van der Waals surface area contributed by atoms with Gasteiger partial charge >= 0.3 is 0 Å². The molecule has 0 saturated heterocycles. The predicted octanol–water partition coefficient (Wildman–Crippen LogP) is 2.39. The molecule has 22 heavy (non-hydrogen) atoms. The zero-order valence-electron chi connectivity index (χ0n) is 12.4. The van der Waals surface area contributed by atoms with E-state index in [1.165, 1.54) is 5.57 Å². The highest BCUT2D eigenvalue weighted by molar-refractivity contribution is 5.66. The van der Waals surface area contributed by atoms with E-state index in [-0.39, 0.29) is 12.1 Å². The van der Waals surface area contributed by atoms with Gasteiger partial charge in [-0.2, -0.15) is 0 Å². The fraction of sp³-hybridized carbons (Fsp3) is 0.222. The van der Waals surface area contributed by atoms with E-state index in [0.29, 0.717) is 0 Å². The average molecular weight is 292 g/mol. The van der Waals surface area contributed by atoms with Crippen molar-refractivity contribution in [2.45, 2.75) is 24.9 Å². The highest BCUT2D eigenvalue weighted by Crippen LogP contribution is 2.30. The lowest BCUT2D eigenvalue weighted by molar-refractivity contribution is 0.511. The zero-order chi connectivity index (χ0) is 15.4. The molecule has 2 atom stereocenters. The molecular weight excluding hydrogens is 272 g/mol. The van der Waals surface area contributed by atoms with Crippen LogP contribution in [0.2, 0.25) is 0 Å². The van der Waals surface area contributed by atoms with Crippen LogP contribution in [0, 0.1) is 0 Å². The molecule has 2 heterocycles. The Kier molecular flexibility index (Phi) is 4.42. The minimum atomic E-state index is -0.175. The summed E-state index contributed by atoms with van der Waals surface area (Å²) in [7, 11) is 0. The zero-order valence-corrected chi connectivity index (χ0v) is 12.4. The van der Waals surface area contributed by atoms with Gasteiger partial charge in [-0.1, -0.05) is 12.1 Å². The third-order valence-corrected chi connectivity index (χ3v) is 3.94. The van der Waals surface area contributed by atoms with Crippen LogP contribution in [0.25, 0.3) is 12.2 Å². The molecule has 0 aromatic carbocycles. The topological polar surface area (TPSA) is 77.8 Å². The third kappa shape index (κ3) is 3.30. The Bertz CT molecular complexity index is 677. The maximum absolute atomic E-state index is 6.33. The number of nitrogens with two attached hydrogens (primary N) is 2. The number of nitrogens with zero attached hydrogens (tertiary/aromatic N) is 2. The van der Waals surface area contributed by atoms with Crippen molar-refractivity contribution in [1.82, 2.24) is 9.97 Å². The molecule has 0 radical (unpaired) electrons. The van der Waals surface area contributed by atoms with E-state index in [9.17, 15) is 0 Å². The van der Waals surface area contributed by atoms with Gasteiger partial charge in [0.05, 0.1) is 11.4 Å². The molecule has 112 valence electrons. The number of hydrogen-bond acceptors (Lipinski definition) is 4. The fourth-order valence-corrected chi connectivity index (χ4v) is 2.70. The van der Waals surface area contributed by atoms with Crippen molar-refractivity contribution in [2.75, 3.05) is 0 Å². The second-order valence-corrected chi connectivity index (χ2v) is 5.51. The van der Waals surface area contributed by atoms with Crippen molar-refractivity contribution in [1.29, 1.82) is 0 Å². The first-order valence-corrected chi connectivity index (χ1v) is 7.50. The van der Waals surface area contributed by atoms with Gasteiger partial charge in [-0.25, -0.2) is 0 Å². The maximum Gasteiger partial charge on any atom is 0.0633 e. The molecule has 0 amide bonds. The lowest BCUT2D eigenvalue weighted by Crippen LogP contribution is -2.45. The number of hydrogen-bond donors (Lipinski definition) is 2. The van der Waals surface area contributed by atoms with Crippen LogP contribution < -0.4 is 11.5 Å². The van der Waals surface area contributed by atoms with Crippen LogP contribution in [0.15, 0.2) is 59.9 Å². The summed E-state index contributed by atoms with van der Waals surface area (Å²) < 4.78 is 0. The lowest BCUT2D eigenvalue weighted by Gasteiger charge is -2.30. The van der Waals surface area contributed by atoms with E-state index >= 15 is 0 Å². The van der Waals surface area contributed by atoms with Crippen LogP contribution in [0.5, 0.6) is 0 Å². The molecular formula is C18H20N4. The van der Waals surface area contributed by atoms with E-state index in [1.54, 1.807) is 12.4 Å². The third-order valence-electron chi connectivity index (χ3n) is 3.94. The van der Waals surface area contributed by atoms with Crippen molar-refractivity contribution in [2.24, 2.45) is 11.5 Å². The normalized spacial score (nSPS) is 25.5. The second kappa shape index (κ2) is 6.64. The minimum absolute atomic E-state index is 0.0177. The van der Waals surface area contributed by atoms with Crippen LogP contribution in [0.4, 0.5) is 0 Å². The van der Waals surface area contributed by atoms with Crippen molar-refractivity contribution in [3.63, 3.8) is 0 Å². The summed E-state index contributed by atoms with van der Waals surface area (Å²) in [6, 6.07) is 11.5.